The summed E-state index contributed by atoms with van der Waals surface area (Å²) in [6.45, 7) is 2.17. The van der Waals surface area contributed by atoms with Gasteiger partial charge in [0.1, 0.15) is 5.75 Å². The van der Waals surface area contributed by atoms with Crippen LogP contribution in [-0.2, 0) is 0 Å². The number of benzene rings is 1. The zero-order chi connectivity index (χ0) is 14.9. The van der Waals surface area contributed by atoms with E-state index < -0.39 is 0 Å². The lowest BCUT2D eigenvalue weighted by Gasteiger charge is -2.46. The van der Waals surface area contributed by atoms with E-state index in [1.165, 1.54) is 31.2 Å². The van der Waals surface area contributed by atoms with Crippen LogP contribution in [0.25, 0.3) is 0 Å². The average Bonchev–Trinajstić information content (AvgIpc) is 2.48. The van der Waals surface area contributed by atoms with Gasteiger partial charge in [-0.15, -0.1) is 0 Å². The van der Waals surface area contributed by atoms with Crippen molar-refractivity contribution in [3.8, 4) is 5.75 Å². The van der Waals surface area contributed by atoms with Gasteiger partial charge in [-0.05, 0) is 80.4 Å². The zero-order valence-corrected chi connectivity index (χ0v) is 13.1. The van der Waals surface area contributed by atoms with Crippen LogP contribution in [0.15, 0.2) is 24.3 Å². The number of fused-ring (bicyclic) bond motifs is 1. The molecule has 2 saturated carbocycles. The molecular formula is C19H28O2. The number of hydrogen-bond donors (Lipinski definition) is 2. The molecule has 2 fully saturated rings. The predicted octanol–water partition coefficient (Wildman–Crippen LogP) is 4.61. The second kappa shape index (κ2) is 6.00. The Balaban J connectivity index is 1.64. The molecule has 4 atom stereocenters. The molecule has 0 heterocycles. The number of aromatic hydroxyl groups is 1. The first-order valence-corrected chi connectivity index (χ1v) is 8.61. The average molecular weight is 288 g/mol. The van der Waals surface area contributed by atoms with Crippen molar-refractivity contribution in [2.45, 2.75) is 69.8 Å². The van der Waals surface area contributed by atoms with Gasteiger partial charge in [0.05, 0.1) is 5.60 Å². The minimum Gasteiger partial charge on any atom is -0.508 e. The van der Waals surface area contributed by atoms with Crippen LogP contribution in [0.4, 0.5) is 0 Å². The van der Waals surface area contributed by atoms with Gasteiger partial charge in [0.15, 0.2) is 0 Å². The van der Waals surface area contributed by atoms with Crippen LogP contribution < -0.4 is 0 Å². The Morgan fingerprint density at radius 2 is 1.86 bits per heavy atom. The van der Waals surface area contributed by atoms with Crippen molar-refractivity contribution in [2.75, 3.05) is 0 Å². The Hall–Kier alpha value is -1.02. The summed E-state index contributed by atoms with van der Waals surface area (Å²) in [5.41, 5.74) is 1.00. The summed E-state index contributed by atoms with van der Waals surface area (Å²) >= 11 is 0. The third-order valence-corrected chi connectivity index (χ3v) is 5.84. The summed E-state index contributed by atoms with van der Waals surface area (Å²) in [6, 6.07) is 7.78. The van der Waals surface area contributed by atoms with E-state index >= 15 is 0 Å². The number of rotatable bonds is 3. The van der Waals surface area contributed by atoms with E-state index in [4.69, 9.17) is 0 Å². The monoisotopic (exact) mass is 288 g/mol. The maximum Gasteiger partial charge on any atom is 0.115 e. The van der Waals surface area contributed by atoms with E-state index in [0.717, 1.165) is 37.5 Å². The van der Waals surface area contributed by atoms with Crippen LogP contribution in [0.3, 0.4) is 0 Å². The smallest absolute Gasteiger partial charge is 0.115 e. The van der Waals surface area contributed by atoms with Gasteiger partial charge < -0.3 is 10.2 Å². The molecule has 1 aromatic carbocycles. The van der Waals surface area contributed by atoms with Gasteiger partial charge in [-0.2, -0.15) is 0 Å². The van der Waals surface area contributed by atoms with Gasteiger partial charge in [0.2, 0.25) is 0 Å². The van der Waals surface area contributed by atoms with Crippen LogP contribution in [0.1, 0.15) is 69.8 Å². The molecular weight excluding hydrogens is 260 g/mol. The molecule has 4 unspecified atom stereocenters. The van der Waals surface area contributed by atoms with Gasteiger partial charge >= 0.3 is 0 Å². The van der Waals surface area contributed by atoms with E-state index in [2.05, 4.69) is 19.1 Å². The maximum absolute atomic E-state index is 10.7. The topological polar surface area (TPSA) is 40.5 Å². The standard InChI is InChI=1S/C19H28O2/c1-2-10-19(21)11-9-16-12-15(3-4-17(16)13-19)14-5-7-18(20)8-6-14/h5-8,15-17,20-21H,2-4,9-13H2,1H3. The lowest BCUT2D eigenvalue weighted by Crippen LogP contribution is -2.41. The molecule has 2 aliphatic carbocycles. The summed E-state index contributed by atoms with van der Waals surface area (Å²) in [5, 5.41) is 20.1. The van der Waals surface area contributed by atoms with Crippen molar-refractivity contribution in [1.82, 2.24) is 0 Å². The quantitative estimate of drug-likeness (QED) is 0.853. The highest BCUT2D eigenvalue weighted by atomic mass is 16.3. The second-order valence-electron chi connectivity index (χ2n) is 7.34. The minimum absolute atomic E-state index is 0.356. The molecule has 0 aromatic heterocycles. The van der Waals surface area contributed by atoms with E-state index in [1.54, 1.807) is 0 Å². The Morgan fingerprint density at radius 3 is 2.57 bits per heavy atom. The van der Waals surface area contributed by atoms with E-state index in [9.17, 15) is 10.2 Å². The highest BCUT2D eigenvalue weighted by Crippen LogP contribution is 2.49. The first-order valence-electron chi connectivity index (χ1n) is 8.61. The Bertz CT molecular complexity index is 467. The first-order chi connectivity index (χ1) is 10.1. The summed E-state index contributed by atoms with van der Waals surface area (Å²) < 4.78 is 0. The third kappa shape index (κ3) is 3.26. The fraction of sp³-hybridized carbons (Fsp3) is 0.684. The molecule has 0 radical (unpaired) electrons. The Labute approximate surface area is 128 Å². The van der Waals surface area contributed by atoms with Gasteiger partial charge in [0.25, 0.3) is 0 Å². The van der Waals surface area contributed by atoms with Crippen molar-refractivity contribution in [2.24, 2.45) is 11.8 Å². The van der Waals surface area contributed by atoms with Crippen molar-refractivity contribution in [3.63, 3.8) is 0 Å². The second-order valence-corrected chi connectivity index (χ2v) is 7.34. The van der Waals surface area contributed by atoms with Crippen molar-refractivity contribution < 1.29 is 10.2 Å². The number of hydrogen-bond acceptors (Lipinski definition) is 2. The highest BCUT2D eigenvalue weighted by molar-refractivity contribution is 5.28. The molecule has 2 heteroatoms. The summed E-state index contributed by atoms with van der Waals surface area (Å²) in [6.07, 6.45) is 9.00. The maximum atomic E-state index is 10.7. The predicted molar refractivity (Wildman–Crippen MR) is 85.4 cm³/mol. The summed E-state index contributed by atoms with van der Waals surface area (Å²) in [7, 11) is 0. The number of phenolic OH excluding ortho intramolecular Hbond substituents is 1. The van der Waals surface area contributed by atoms with E-state index in [0.29, 0.717) is 11.7 Å². The van der Waals surface area contributed by atoms with Crippen molar-refractivity contribution in [1.29, 1.82) is 0 Å². The molecule has 0 saturated heterocycles. The van der Waals surface area contributed by atoms with Crippen LogP contribution in [0.5, 0.6) is 5.75 Å². The molecule has 3 rings (SSSR count). The van der Waals surface area contributed by atoms with Gasteiger partial charge in [0, 0.05) is 0 Å². The molecule has 21 heavy (non-hydrogen) atoms. The van der Waals surface area contributed by atoms with Crippen LogP contribution in [0, 0.1) is 11.8 Å². The third-order valence-electron chi connectivity index (χ3n) is 5.84. The summed E-state index contributed by atoms with van der Waals surface area (Å²) in [4.78, 5) is 0. The van der Waals surface area contributed by atoms with Gasteiger partial charge in [-0.3, -0.25) is 0 Å². The molecule has 2 aliphatic rings. The molecule has 2 N–H and O–H groups in total. The highest BCUT2D eigenvalue weighted by Gasteiger charge is 2.41. The summed E-state index contributed by atoms with van der Waals surface area (Å²) in [5.74, 6) is 2.51. The fourth-order valence-corrected chi connectivity index (χ4v) is 4.73. The van der Waals surface area contributed by atoms with Gasteiger partial charge in [-0.1, -0.05) is 25.5 Å². The molecule has 116 valence electrons. The van der Waals surface area contributed by atoms with Crippen LogP contribution in [-0.4, -0.2) is 15.8 Å². The lowest BCUT2D eigenvalue weighted by atomic mass is 9.62. The molecule has 2 nitrogen and oxygen atoms in total. The first kappa shape index (κ1) is 14.9. The molecule has 1 aromatic rings. The molecule has 0 amide bonds. The fourth-order valence-electron chi connectivity index (χ4n) is 4.73. The molecule has 0 bridgehead atoms. The molecule has 0 spiro atoms. The Kier molecular flexibility index (Phi) is 4.26. The minimum atomic E-state index is -0.374. The number of aliphatic hydroxyl groups is 1. The van der Waals surface area contributed by atoms with Crippen LogP contribution in [0.2, 0.25) is 0 Å². The normalized spacial score (nSPS) is 36.2. The van der Waals surface area contributed by atoms with Crippen LogP contribution >= 0.6 is 0 Å². The van der Waals surface area contributed by atoms with Gasteiger partial charge in [-0.25, -0.2) is 0 Å². The lowest BCUT2D eigenvalue weighted by molar-refractivity contribution is -0.0531. The molecule has 0 aliphatic heterocycles. The van der Waals surface area contributed by atoms with Crippen molar-refractivity contribution in [3.05, 3.63) is 29.8 Å². The zero-order valence-electron chi connectivity index (χ0n) is 13.1. The van der Waals surface area contributed by atoms with E-state index in [-0.39, 0.29) is 5.60 Å². The largest absolute Gasteiger partial charge is 0.508 e. The number of phenols is 1. The van der Waals surface area contributed by atoms with E-state index in [1.807, 2.05) is 12.1 Å². The van der Waals surface area contributed by atoms with Crippen molar-refractivity contribution >= 4 is 0 Å². The SMILES string of the molecule is CCCC1(O)CCC2CC(c3ccc(O)cc3)CCC2C1. The Morgan fingerprint density at radius 1 is 1.10 bits per heavy atom.